The van der Waals surface area contributed by atoms with Gasteiger partial charge in [0.05, 0.1) is 24.9 Å². The third-order valence-electron chi connectivity index (χ3n) is 6.08. The number of amides is 3. The fourth-order valence-electron chi connectivity index (χ4n) is 3.90. The second kappa shape index (κ2) is 10.8. The van der Waals surface area contributed by atoms with Crippen LogP contribution in [0.1, 0.15) is 19.8 Å². The first kappa shape index (κ1) is 25.7. The molecule has 5 N–H and O–H groups in total. The zero-order chi connectivity index (χ0) is 27.4. The van der Waals surface area contributed by atoms with Crippen molar-refractivity contribution in [2.24, 2.45) is 0 Å². The van der Waals surface area contributed by atoms with Gasteiger partial charge < -0.3 is 36.1 Å². The SMILES string of the molecule is CC12Oc3ccc(cc3NC1=O)Nc1nc(ncc1F)Nc1ccc(cc1)OCCC(=O)NCCCNC2=O. The predicted octanol–water partition coefficient (Wildman–Crippen LogP) is 2.60. The van der Waals surface area contributed by atoms with Gasteiger partial charge in [0.15, 0.2) is 11.6 Å². The molecule has 1 atom stereocenters. The second-order valence-electron chi connectivity index (χ2n) is 9.02. The minimum atomic E-state index is -1.80. The molecule has 12 nitrogen and oxygen atoms in total. The zero-order valence-electron chi connectivity index (χ0n) is 21.0. The van der Waals surface area contributed by atoms with Crippen molar-refractivity contribution in [1.82, 2.24) is 20.6 Å². The number of carbonyl (C=O) groups excluding carboxylic acids is 3. The largest absolute Gasteiger partial charge is 0.493 e. The van der Waals surface area contributed by atoms with E-state index in [-0.39, 0.29) is 43.0 Å². The van der Waals surface area contributed by atoms with Crippen LogP contribution in [0.4, 0.5) is 33.2 Å². The normalized spacial score (nSPS) is 19.7. The number of nitrogens with one attached hydrogen (secondary N) is 5. The van der Waals surface area contributed by atoms with E-state index in [9.17, 15) is 18.8 Å². The van der Waals surface area contributed by atoms with Gasteiger partial charge in [0.2, 0.25) is 11.9 Å². The number of aromatic nitrogens is 2. The Balaban J connectivity index is 1.40. The molecule has 3 aromatic rings. The highest BCUT2D eigenvalue weighted by atomic mass is 19.1. The van der Waals surface area contributed by atoms with Gasteiger partial charge in [-0.25, -0.2) is 9.37 Å². The molecule has 202 valence electrons. The Labute approximate surface area is 222 Å². The minimum absolute atomic E-state index is 0.0940. The Hall–Kier alpha value is -4.94. The molecule has 0 fully saturated rings. The van der Waals surface area contributed by atoms with E-state index in [0.29, 0.717) is 35.8 Å². The lowest BCUT2D eigenvalue weighted by molar-refractivity contribution is -0.146. The minimum Gasteiger partial charge on any atom is -0.493 e. The topological polar surface area (TPSA) is 156 Å². The Morgan fingerprint density at radius 1 is 0.923 bits per heavy atom. The summed E-state index contributed by atoms with van der Waals surface area (Å²) in [6.07, 6.45) is 1.63. The Morgan fingerprint density at radius 3 is 2.51 bits per heavy atom. The number of halogens is 1. The molecule has 3 amide bonds. The van der Waals surface area contributed by atoms with Gasteiger partial charge in [0, 0.05) is 24.5 Å². The molecule has 2 aromatic carbocycles. The first-order valence-corrected chi connectivity index (χ1v) is 12.3. The molecule has 39 heavy (non-hydrogen) atoms. The fourth-order valence-corrected chi connectivity index (χ4v) is 3.90. The molecule has 6 aliphatic heterocycles. The Kier molecular flexibility index (Phi) is 7.12. The molecule has 1 aromatic heterocycles. The standard InChI is InChI=1S/C26H26FN7O5/c1-26-23(36)29-11-2-10-28-21(35)9-12-38-17-6-3-15(4-7-17)32-25-30-14-18(27)22(34-25)31-16-5-8-20(39-26)19(13-16)33-24(26)37/h3-8,13-14H,2,9-12H2,1H3,(H,28,35)(H,29,36)(H,33,37)(H2,30,31,32,34). The summed E-state index contributed by atoms with van der Waals surface area (Å²) in [6, 6.07) is 11.6. The summed E-state index contributed by atoms with van der Waals surface area (Å²) in [6.45, 7) is 2.12. The summed E-state index contributed by atoms with van der Waals surface area (Å²) in [5.41, 5.74) is -0.435. The van der Waals surface area contributed by atoms with Gasteiger partial charge >= 0.3 is 0 Å². The van der Waals surface area contributed by atoms with Gasteiger partial charge in [-0.3, -0.25) is 14.4 Å². The van der Waals surface area contributed by atoms with Crippen LogP contribution in [0.25, 0.3) is 0 Å². The third kappa shape index (κ3) is 5.81. The van der Waals surface area contributed by atoms with Crippen molar-refractivity contribution in [2.45, 2.75) is 25.4 Å². The van der Waals surface area contributed by atoms with Crippen LogP contribution in [0.3, 0.4) is 0 Å². The molecule has 7 heterocycles. The van der Waals surface area contributed by atoms with Crippen LogP contribution in [0.2, 0.25) is 0 Å². The molecule has 9 rings (SSSR count). The number of benzene rings is 2. The van der Waals surface area contributed by atoms with Gasteiger partial charge in [0.25, 0.3) is 17.4 Å². The molecule has 0 spiro atoms. The lowest BCUT2D eigenvalue weighted by Crippen LogP contribution is -2.58. The van der Waals surface area contributed by atoms with Gasteiger partial charge in [-0.2, -0.15) is 4.98 Å². The fraction of sp³-hybridized carbons (Fsp3) is 0.269. The van der Waals surface area contributed by atoms with E-state index in [1.165, 1.54) is 6.92 Å². The van der Waals surface area contributed by atoms with Crippen LogP contribution in [0, 0.1) is 5.82 Å². The summed E-state index contributed by atoms with van der Waals surface area (Å²) >= 11 is 0. The summed E-state index contributed by atoms with van der Waals surface area (Å²) in [5.74, 6) is -1.27. The van der Waals surface area contributed by atoms with E-state index in [1.807, 2.05) is 0 Å². The highest BCUT2D eigenvalue weighted by Gasteiger charge is 2.47. The molecule has 6 aliphatic rings. The second-order valence-corrected chi connectivity index (χ2v) is 9.02. The van der Waals surface area contributed by atoms with Gasteiger partial charge in [-0.1, -0.05) is 0 Å². The van der Waals surface area contributed by atoms with E-state index in [0.717, 1.165) is 6.20 Å². The van der Waals surface area contributed by atoms with Crippen molar-refractivity contribution >= 4 is 46.5 Å². The smallest absolute Gasteiger partial charge is 0.278 e. The van der Waals surface area contributed by atoms with Crippen molar-refractivity contribution in [3.05, 3.63) is 54.5 Å². The molecular formula is C26H26FN7O5. The third-order valence-corrected chi connectivity index (χ3v) is 6.08. The number of hydrogen-bond acceptors (Lipinski definition) is 9. The maximum atomic E-state index is 14.5. The molecular weight excluding hydrogens is 509 g/mol. The molecule has 1 unspecified atom stereocenters. The summed E-state index contributed by atoms with van der Waals surface area (Å²) in [7, 11) is 0. The van der Waals surface area contributed by atoms with Crippen molar-refractivity contribution < 1.29 is 28.2 Å². The summed E-state index contributed by atoms with van der Waals surface area (Å²) in [5, 5.41) is 14.0. The number of hydrogen-bond donors (Lipinski definition) is 5. The average molecular weight is 536 g/mol. The highest BCUT2D eigenvalue weighted by Crippen LogP contribution is 2.36. The van der Waals surface area contributed by atoms with Crippen LogP contribution < -0.4 is 36.1 Å². The Morgan fingerprint density at radius 2 is 1.69 bits per heavy atom. The molecule has 13 heteroatoms. The van der Waals surface area contributed by atoms with E-state index < -0.39 is 23.2 Å². The maximum absolute atomic E-state index is 14.5. The predicted molar refractivity (Wildman–Crippen MR) is 140 cm³/mol. The molecule has 0 radical (unpaired) electrons. The number of ether oxygens (including phenoxy) is 2. The lowest BCUT2D eigenvalue weighted by atomic mass is 10.0. The Bertz CT molecular complexity index is 1420. The lowest BCUT2D eigenvalue weighted by Gasteiger charge is -2.33. The van der Waals surface area contributed by atoms with Gasteiger partial charge in [-0.05, 0) is 55.8 Å². The van der Waals surface area contributed by atoms with Crippen LogP contribution in [0.5, 0.6) is 11.5 Å². The quantitative estimate of drug-likeness (QED) is 0.273. The first-order valence-electron chi connectivity index (χ1n) is 12.3. The molecule has 8 bridgehead atoms. The zero-order valence-corrected chi connectivity index (χ0v) is 21.0. The highest BCUT2D eigenvalue weighted by molar-refractivity contribution is 6.15. The van der Waals surface area contributed by atoms with Gasteiger partial charge in [-0.15, -0.1) is 0 Å². The van der Waals surface area contributed by atoms with Crippen LogP contribution in [-0.4, -0.2) is 53.0 Å². The van der Waals surface area contributed by atoms with E-state index in [1.54, 1.807) is 42.5 Å². The van der Waals surface area contributed by atoms with Crippen molar-refractivity contribution in [3.63, 3.8) is 0 Å². The van der Waals surface area contributed by atoms with Crippen molar-refractivity contribution in [3.8, 4) is 11.5 Å². The van der Waals surface area contributed by atoms with E-state index in [4.69, 9.17) is 9.47 Å². The number of anilines is 5. The first-order chi connectivity index (χ1) is 18.8. The van der Waals surface area contributed by atoms with Crippen LogP contribution in [0.15, 0.2) is 48.7 Å². The van der Waals surface area contributed by atoms with E-state index in [2.05, 4.69) is 36.6 Å². The monoisotopic (exact) mass is 535 g/mol. The summed E-state index contributed by atoms with van der Waals surface area (Å²) < 4.78 is 25.9. The van der Waals surface area contributed by atoms with Crippen LogP contribution >= 0.6 is 0 Å². The number of rotatable bonds is 0. The number of nitrogens with zero attached hydrogens (tertiary/aromatic N) is 2. The molecule has 0 saturated heterocycles. The van der Waals surface area contributed by atoms with Crippen molar-refractivity contribution in [1.29, 1.82) is 0 Å². The van der Waals surface area contributed by atoms with E-state index >= 15 is 0 Å². The molecule has 0 saturated carbocycles. The number of carbonyl (C=O) groups is 3. The van der Waals surface area contributed by atoms with Gasteiger partial charge in [0.1, 0.15) is 11.5 Å². The average Bonchev–Trinajstić information content (AvgIpc) is 2.91. The van der Waals surface area contributed by atoms with Crippen molar-refractivity contribution in [2.75, 3.05) is 35.6 Å². The summed E-state index contributed by atoms with van der Waals surface area (Å²) in [4.78, 5) is 46.0. The molecule has 0 aliphatic carbocycles. The maximum Gasteiger partial charge on any atom is 0.278 e. The van der Waals surface area contributed by atoms with Crippen LogP contribution in [-0.2, 0) is 14.4 Å².